The molecule has 0 saturated carbocycles. The van der Waals surface area contributed by atoms with E-state index in [1.54, 1.807) is 16.8 Å². The van der Waals surface area contributed by atoms with E-state index in [4.69, 9.17) is 4.74 Å². The van der Waals surface area contributed by atoms with E-state index in [0.29, 0.717) is 17.9 Å². The van der Waals surface area contributed by atoms with E-state index in [9.17, 15) is 9.18 Å². The maximum Gasteiger partial charge on any atom is 0.407 e. The molecule has 0 saturated heterocycles. The fraction of sp³-hybridized carbons (Fsp3) is 0.200. The van der Waals surface area contributed by atoms with Crippen LogP contribution in [0.4, 0.5) is 9.18 Å². The van der Waals surface area contributed by atoms with Crippen LogP contribution in [0.5, 0.6) is 5.75 Å². The molecule has 1 amide bonds. The minimum Gasteiger partial charge on any atom is -0.493 e. The molecular weight excluding hydrogens is 349 g/mol. The molecule has 2 aromatic carbocycles. The maximum atomic E-state index is 14.0. The first-order valence-corrected chi connectivity index (χ1v) is 8.56. The van der Waals surface area contributed by atoms with Gasteiger partial charge in [0.1, 0.15) is 11.6 Å². The molecule has 0 bridgehead atoms. The molecule has 7 heteroatoms. The lowest BCUT2D eigenvalue weighted by atomic mass is 10.1. The van der Waals surface area contributed by atoms with Crippen molar-refractivity contribution in [3.63, 3.8) is 0 Å². The minimum absolute atomic E-state index is 0.0396. The summed E-state index contributed by atoms with van der Waals surface area (Å²) in [6.07, 6.45) is 2.15. The summed E-state index contributed by atoms with van der Waals surface area (Å²) in [5.74, 6) is 0.528. The Hall–Kier alpha value is -3.35. The molecule has 0 unspecified atom stereocenters. The van der Waals surface area contributed by atoms with Crippen molar-refractivity contribution in [2.75, 3.05) is 13.7 Å². The molecular formula is C20H18FN3O3. The second kappa shape index (κ2) is 7.11. The first-order chi connectivity index (χ1) is 13.1. The molecule has 1 aliphatic heterocycles. The van der Waals surface area contributed by atoms with Crippen LogP contribution in [-0.2, 0) is 17.7 Å². The summed E-state index contributed by atoms with van der Waals surface area (Å²) >= 11 is 0. The maximum absolute atomic E-state index is 14.0. The average Bonchev–Trinajstić information content (AvgIpc) is 3.35. The number of aromatic nitrogens is 2. The van der Waals surface area contributed by atoms with Gasteiger partial charge in [0, 0.05) is 30.3 Å². The van der Waals surface area contributed by atoms with Gasteiger partial charge in [0.25, 0.3) is 0 Å². The van der Waals surface area contributed by atoms with E-state index in [-0.39, 0.29) is 6.54 Å². The SMILES string of the molecule is COC(=O)NCc1cc(-c2ccn(-c3ccc4c(c3)CCO4)n2)ccc1F. The number of nitrogens with one attached hydrogen (secondary N) is 1. The Bertz CT molecular complexity index is 1000. The Morgan fingerprint density at radius 2 is 2.19 bits per heavy atom. The standard InChI is InChI=1S/C20H18FN3O3/c1-26-20(25)22-12-15-10-13(2-4-17(15)21)18-6-8-24(23-18)16-3-5-19-14(11-16)7-9-27-19/h2-6,8,10-11H,7,9,12H2,1H3,(H,22,25). The zero-order valence-corrected chi connectivity index (χ0v) is 14.7. The highest BCUT2D eigenvalue weighted by Gasteiger charge is 2.14. The monoisotopic (exact) mass is 367 g/mol. The predicted molar refractivity (Wildman–Crippen MR) is 97.4 cm³/mol. The number of hydrogen-bond acceptors (Lipinski definition) is 4. The number of nitrogens with zero attached hydrogens (tertiary/aromatic N) is 2. The Labute approximate surface area is 155 Å². The third kappa shape index (κ3) is 3.48. The van der Waals surface area contributed by atoms with Gasteiger partial charge in [0.2, 0.25) is 0 Å². The smallest absolute Gasteiger partial charge is 0.407 e. The molecule has 0 atom stereocenters. The van der Waals surface area contributed by atoms with Crippen LogP contribution in [0.15, 0.2) is 48.7 Å². The normalized spacial score (nSPS) is 12.4. The van der Waals surface area contributed by atoms with Crippen molar-refractivity contribution in [2.24, 2.45) is 0 Å². The highest BCUT2D eigenvalue weighted by Crippen LogP contribution is 2.28. The number of carbonyl (C=O) groups is 1. The summed E-state index contributed by atoms with van der Waals surface area (Å²) in [7, 11) is 1.26. The summed E-state index contributed by atoms with van der Waals surface area (Å²) in [5, 5.41) is 7.08. The molecule has 0 aliphatic carbocycles. The molecule has 1 aliphatic rings. The molecule has 2 heterocycles. The molecule has 1 N–H and O–H groups in total. The van der Waals surface area contributed by atoms with Gasteiger partial charge in [-0.3, -0.25) is 0 Å². The second-order valence-electron chi connectivity index (χ2n) is 6.19. The van der Waals surface area contributed by atoms with Crippen molar-refractivity contribution in [1.29, 1.82) is 0 Å². The van der Waals surface area contributed by atoms with Gasteiger partial charge in [-0.1, -0.05) is 0 Å². The summed E-state index contributed by atoms with van der Waals surface area (Å²) < 4.78 is 25.8. The van der Waals surface area contributed by atoms with Gasteiger partial charge in [-0.2, -0.15) is 5.10 Å². The number of methoxy groups -OCH3 is 1. The average molecular weight is 367 g/mol. The van der Waals surface area contributed by atoms with Crippen molar-refractivity contribution in [1.82, 2.24) is 15.1 Å². The van der Waals surface area contributed by atoms with Crippen LogP contribution in [0.3, 0.4) is 0 Å². The van der Waals surface area contributed by atoms with Crippen molar-refractivity contribution >= 4 is 6.09 Å². The van der Waals surface area contributed by atoms with Gasteiger partial charge in [-0.15, -0.1) is 0 Å². The third-order valence-electron chi connectivity index (χ3n) is 4.48. The van der Waals surface area contributed by atoms with Crippen LogP contribution in [0.1, 0.15) is 11.1 Å². The summed E-state index contributed by atoms with van der Waals surface area (Å²) in [6, 6.07) is 12.6. The largest absolute Gasteiger partial charge is 0.493 e. The minimum atomic E-state index is -0.607. The zero-order chi connectivity index (χ0) is 18.8. The van der Waals surface area contributed by atoms with Gasteiger partial charge in [-0.25, -0.2) is 13.9 Å². The molecule has 0 fully saturated rings. The summed E-state index contributed by atoms with van der Waals surface area (Å²) in [5.41, 5.74) is 3.96. The van der Waals surface area contributed by atoms with Crippen LogP contribution >= 0.6 is 0 Å². The number of carbonyl (C=O) groups excluding carboxylic acids is 1. The fourth-order valence-electron chi connectivity index (χ4n) is 3.05. The molecule has 6 nitrogen and oxygen atoms in total. The van der Waals surface area contributed by atoms with Crippen molar-refractivity contribution in [3.8, 4) is 22.7 Å². The molecule has 0 radical (unpaired) electrons. The van der Waals surface area contributed by atoms with E-state index in [2.05, 4.69) is 21.2 Å². The Morgan fingerprint density at radius 3 is 3.04 bits per heavy atom. The number of rotatable bonds is 4. The highest BCUT2D eigenvalue weighted by atomic mass is 19.1. The van der Waals surface area contributed by atoms with Crippen LogP contribution in [0, 0.1) is 5.82 Å². The van der Waals surface area contributed by atoms with Gasteiger partial charge in [0.05, 0.1) is 25.1 Å². The van der Waals surface area contributed by atoms with Crippen LogP contribution < -0.4 is 10.1 Å². The van der Waals surface area contributed by atoms with E-state index < -0.39 is 11.9 Å². The molecule has 0 spiro atoms. The Kier molecular flexibility index (Phi) is 4.50. The van der Waals surface area contributed by atoms with Gasteiger partial charge >= 0.3 is 6.09 Å². The van der Waals surface area contributed by atoms with E-state index in [0.717, 1.165) is 23.4 Å². The summed E-state index contributed by atoms with van der Waals surface area (Å²) in [4.78, 5) is 11.2. The number of amides is 1. The number of ether oxygens (including phenoxy) is 2. The Morgan fingerprint density at radius 1 is 1.30 bits per heavy atom. The van der Waals surface area contributed by atoms with Crippen LogP contribution in [-0.4, -0.2) is 29.6 Å². The van der Waals surface area contributed by atoms with Crippen molar-refractivity contribution in [2.45, 2.75) is 13.0 Å². The lowest BCUT2D eigenvalue weighted by molar-refractivity contribution is 0.170. The molecule has 138 valence electrons. The van der Waals surface area contributed by atoms with E-state index >= 15 is 0 Å². The Balaban J connectivity index is 1.58. The van der Waals surface area contributed by atoms with E-state index in [1.807, 2.05) is 24.4 Å². The lowest BCUT2D eigenvalue weighted by Gasteiger charge is -2.07. The second-order valence-corrected chi connectivity index (χ2v) is 6.19. The van der Waals surface area contributed by atoms with Gasteiger partial charge in [-0.05, 0) is 48.0 Å². The van der Waals surface area contributed by atoms with Crippen molar-refractivity contribution in [3.05, 3.63) is 65.6 Å². The molecule has 4 rings (SSSR count). The van der Waals surface area contributed by atoms with Gasteiger partial charge in [0.15, 0.2) is 0 Å². The number of halogens is 1. The predicted octanol–water partition coefficient (Wildman–Crippen LogP) is 3.47. The summed E-state index contributed by atoms with van der Waals surface area (Å²) in [6.45, 7) is 0.749. The first-order valence-electron chi connectivity index (χ1n) is 8.56. The molecule has 1 aromatic heterocycles. The number of benzene rings is 2. The third-order valence-corrected chi connectivity index (χ3v) is 4.48. The van der Waals surface area contributed by atoms with Crippen molar-refractivity contribution < 1.29 is 18.7 Å². The zero-order valence-electron chi connectivity index (χ0n) is 14.7. The number of alkyl carbamates (subject to hydrolysis) is 1. The van der Waals surface area contributed by atoms with Crippen LogP contribution in [0.25, 0.3) is 16.9 Å². The molecule has 27 heavy (non-hydrogen) atoms. The molecule has 3 aromatic rings. The first kappa shape index (κ1) is 17.1. The number of hydrogen-bond donors (Lipinski definition) is 1. The van der Waals surface area contributed by atoms with E-state index in [1.165, 1.54) is 18.7 Å². The fourth-order valence-corrected chi connectivity index (χ4v) is 3.05. The van der Waals surface area contributed by atoms with Gasteiger partial charge < -0.3 is 14.8 Å². The lowest BCUT2D eigenvalue weighted by Crippen LogP contribution is -2.22. The topological polar surface area (TPSA) is 65.4 Å². The quantitative estimate of drug-likeness (QED) is 0.767. The van der Waals surface area contributed by atoms with Crippen LogP contribution in [0.2, 0.25) is 0 Å². The number of fused-ring (bicyclic) bond motifs is 1. The highest BCUT2D eigenvalue weighted by molar-refractivity contribution is 5.67.